The molecule has 12 nitrogen and oxygen atoms in total. The number of alkyl halides is 3. The highest BCUT2D eigenvalue weighted by atomic mass is 19.4. The minimum Gasteiger partial charge on any atom is -0.362 e. The summed E-state index contributed by atoms with van der Waals surface area (Å²) < 4.78 is 38.5. The largest absolute Gasteiger partial charge is 0.416 e. The number of nitro groups is 2. The molecule has 1 aliphatic rings. The van der Waals surface area contributed by atoms with Crippen molar-refractivity contribution in [1.82, 2.24) is 10.3 Å². The fraction of sp³-hybridized carbons (Fsp3) is 0.300. The Morgan fingerprint density at radius 1 is 0.943 bits per heavy atom. The maximum Gasteiger partial charge on any atom is 0.416 e. The first kappa shape index (κ1) is 25.2. The van der Waals surface area contributed by atoms with Crippen molar-refractivity contribution in [3.8, 4) is 0 Å². The van der Waals surface area contributed by atoms with E-state index >= 15 is 0 Å². The number of hydrogen-bond donors (Lipinski definition) is 2. The number of hydrazine groups is 1. The van der Waals surface area contributed by atoms with Gasteiger partial charge in [0.25, 0.3) is 17.3 Å². The van der Waals surface area contributed by atoms with E-state index in [2.05, 4.69) is 10.9 Å². The molecule has 0 bridgehead atoms. The molecule has 2 aromatic rings. The number of carbonyl (C=O) groups is 2. The van der Waals surface area contributed by atoms with Crippen LogP contribution in [-0.4, -0.2) is 52.7 Å². The molecule has 0 aliphatic carbocycles. The summed E-state index contributed by atoms with van der Waals surface area (Å²) in [5, 5.41) is 22.8. The van der Waals surface area contributed by atoms with E-state index in [0.717, 1.165) is 12.1 Å². The first-order chi connectivity index (χ1) is 16.4. The molecule has 1 aliphatic heterocycles. The second-order valence-electron chi connectivity index (χ2n) is 7.52. The Labute approximate surface area is 195 Å². The minimum absolute atomic E-state index is 0.105. The summed E-state index contributed by atoms with van der Waals surface area (Å²) in [6, 6.07) is 5.40. The molecule has 15 heteroatoms. The van der Waals surface area contributed by atoms with Gasteiger partial charge in [-0.3, -0.25) is 40.7 Å². The van der Waals surface area contributed by atoms with Gasteiger partial charge in [-0.1, -0.05) is 0 Å². The minimum atomic E-state index is -4.80. The number of nitro benzene ring substituents is 2. The SMILES string of the molecule is CC(=O)N1CCN(c2ccc(C(=O)NNc3ccc(C(F)(F)F)cc3[N+](=O)[O-])cc2[N+](=O)[O-])CC1. The molecule has 0 saturated carbocycles. The van der Waals surface area contributed by atoms with Crippen molar-refractivity contribution in [1.29, 1.82) is 0 Å². The molecular formula is C20H19F3N6O6. The van der Waals surface area contributed by atoms with Crippen LogP contribution in [0.5, 0.6) is 0 Å². The number of anilines is 2. The maximum atomic E-state index is 12.8. The Bertz CT molecular complexity index is 1180. The Balaban J connectivity index is 1.77. The summed E-state index contributed by atoms with van der Waals surface area (Å²) in [6.45, 7) is 2.89. The number of halogens is 3. The summed E-state index contributed by atoms with van der Waals surface area (Å²) >= 11 is 0. The van der Waals surface area contributed by atoms with Crippen molar-refractivity contribution in [2.45, 2.75) is 13.1 Å². The Morgan fingerprint density at radius 3 is 2.11 bits per heavy atom. The van der Waals surface area contributed by atoms with Crippen molar-refractivity contribution in [3.63, 3.8) is 0 Å². The molecule has 0 unspecified atom stereocenters. The van der Waals surface area contributed by atoms with Crippen LogP contribution in [0, 0.1) is 20.2 Å². The van der Waals surface area contributed by atoms with Crippen LogP contribution in [0.2, 0.25) is 0 Å². The van der Waals surface area contributed by atoms with Gasteiger partial charge in [-0.25, -0.2) is 0 Å². The summed E-state index contributed by atoms with van der Waals surface area (Å²) in [6.07, 6.45) is -4.80. The van der Waals surface area contributed by atoms with E-state index in [1.807, 2.05) is 0 Å². The predicted molar refractivity (Wildman–Crippen MR) is 117 cm³/mol. The predicted octanol–water partition coefficient (Wildman–Crippen LogP) is 2.95. The average Bonchev–Trinajstić information content (AvgIpc) is 2.81. The van der Waals surface area contributed by atoms with Crippen LogP contribution < -0.4 is 15.8 Å². The van der Waals surface area contributed by atoms with Gasteiger partial charge in [0.1, 0.15) is 11.4 Å². The van der Waals surface area contributed by atoms with E-state index in [4.69, 9.17) is 0 Å². The quantitative estimate of drug-likeness (QED) is 0.458. The van der Waals surface area contributed by atoms with Gasteiger partial charge < -0.3 is 9.80 Å². The van der Waals surface area contributed by atoms with Gasteiger partial charge in [-0.15, -0.1) is 0 Å². The molecule has 0 atom stereocenters. The molecule has 0 aromatic heterocycles. The molecular weight excluding hydrogens is 477 g/mol. The van der Waals surface area contributed by atoms with Gasteiger partial charge >= 0.3 is 6.18 Å². The molecule has 2 amide bonds. The second kappa shape index (κ2) is 9.82. The van der Waals surface area contributed by atoms with Gasteiger partial charge in [0, 0.05) is 50.8 Å². The normalized spacial score (nSPS) is 13.8. The lowest BCUT2D eigenvalue weighted by molar-refractivity contribution is -0.384. The number of carbonyl (C=O) groups excluding carboxylic acids is 2. The number of nitrogens with one attached hydrogen (secondary N) is 2. The van der Waals surface area contributed by atoms with E-state index in [0.29, 0.717) is 38.3 Å². The fourth-order valence-corrected chi connectivity index (χ4v) is 3.50. The number of nitrogens with zero attached hydrogens (tertiary/aromatic N) is 4. The first-order valence-corrected chi connectivity index (χ1v) is 10.1. The van der Waals surface area contributed by atoms with Crippen molar-refractivity contribution in [2.75, 3.05) is 36.5 Å². The van der Waals surface area contributed by atoms with Crippen molar-refractivity contribution in [3.05, 3.63) is 67.8 Å². The fourth-order valence-electron chi connectivity index (χ4n) is 3.50. The number of rotatable bonds is 6. The Morgan fingerprint density at radius 2 is 1.57 bits per heavy atom. The third-order valence-electron chi connectivity index (χ3n) is 5.33. The van der Waals surface area contributed by atoms with Crippen LogP contribution in [-0.2, 0) is 11.0 Å². The zero-order chi connectivity index (χ0) is 25.9. The standard InChI is InChI=1S/C20H19F3N6O6/c1-12(30)26-6-8-27(9-7-26)16-5-2-13(10-18(16)29(34)35)19(31)25-24-15-4-3-14(20(21,22)23)11-17(15)28(32)33/h2-5,10-11,24H,6-9H2,1H3,(H,25,31). The Hall–Kier alpha value is -4.43. The lowest BCUT2D eigenvalue weighted by Crippen LogP contribution is -2.48. The molecule has 1 fully saturated rings. The number of piperazine rings is 1. The third-order valence-corrected chi connectivity index (χ3v) is 5.33. The molecule has 35 heavy (non-hydrogen) atoms. The topological polar surface area (TPSA) is 151 Å². The molecule has 2 aromatic carbocycles. The van der Waals surface area contributed by atoms with Gasteiger partial charge in [0.15, 0.2) is 0 Å². The molecule has 0 spiro atoms. The first-order valence-electron chi connectivity index (χ1n) is 10.1. The van der Waals surface area contributed by atoms with Crippen molar-refractivity contribution >= 4 is 34.6 Å². The lowest BCUT2D eigenvalue weighted by Gasteiger charge is -2.35. The third kappa shape index (κ3) is 5.74. The summed E-state index contributed by atoms with van der Waals surface area (Å²) in [7, 11) is 0. The zero-order valence-corrected chi connectivity index (χ0v) is 18.2. The van der Waals surface area contributed by atoms with E-state index in [1.54, 1.807) is 9.80 Å². The lowest BCUT2D eigenvalue weighted by atomic mass is 10.1. The van der Waals surface area contributed by atoms with E-state index in [1.165, 1.54) is 19.1 Å². The number of hydrogen-bond acceptors (Lipinski definition) is 8. The van der Waals surface area contributed by atoms with Crippen LogP contribution in [0.1, 0.15) is 22.8 Å². The average molecular weight is 496 g/mol. The van der Waals surface area contributed by atoms with Crippen LogP contribution in [0.4, 0.5) is 35.9 Å². The monoisotopic (exact) mass is 496 g/mol. The summed E-state index contributed by atoms with van der Waals surface area (Å²) in [4.78, 5) is 48.4. The second-order valence-corrected chi connectivity index (χ2v) is 7.52. The summed E-state index contributed by atoms with van der Waals surface area (Å²) in [5.41, 5.74) is 1.43. The molecule has 1 heterocycles. The van der Waals surface area contributed by atoms with Crippen LogP contribution in [0.25, 0.3) is 0 Å². The molecule has 0 radical (unpaired) electrons. The van der Waals surface area contributed by atoms with Crippen LogP contribution >= 0.6 is 0 Å². The maximum absolute atomic E-state index is 12.8. The van der Waals surface area contributed by atoms with Crippen LogP contribution in [0.3, 0.4) is 0 Å². The molecule has 1 saturated heterocycles. The number of benzene rings is 2. The molecule has 3 rings (SSSR count). The highest BCUT2D eigenvalue weighted by molar-refractivity contribution is 5.96. The van der Waals surface area contributed by atoms with Gasteiger partial charge in [0.2, 0.25) is 5.91 Å². The number of amides is 2. The highest BCUT2D eigenvalue weighted by Crippen LogP contribution is 2.35. The van der Waals surface area contributed by atoms with Crippen LogP contribution in [0.15, 0.2) is 36.4 Å². The highest BCUT2D eigenvalue weighted by Gasteiger charge is 2.33. The zero-order valence-electron chi connectivity index (χ0n) is 18.2. The smallest absolute Gasteiger partial charge is 0.362 e. The van der Waals surface area contributed by atoms with E-state index in [-0.39, 0.29) is 22.8 Å². The Kier molecular flexibility index (Phi) is 7.07. The van der Waals surface area contributed by atoms with Gasteiger partial charge in [-0.2, -0.15) is 13.2 Å². The van der Waals surface area contributed by atoms with E-state index in [9.17, 15) is 43.0 Å². The molecule has 2 N–H and O–H groups in total. The van der Waals surface area contributed by atoms with Crippen molar-refractivity contribution in [2.24, 2.45) is 0 Å². The van der Waals surface area contributed by atoms with Crippen molar-refractivity contribution < 1.29 is 32.6 Å². The van der Waals surface area contributed by atoms with Gasteiger partial charge in [-0.05, 0) is 24.3 Å². The van der Waals surface area contributed by atoms with Gasteiger partial charge in [0.05, 0.1) is 15.4 Å². The summed E-state index contributed by atoms with van der Waals surface area (Å²) in [5.74, 6) is -1.01. The molecule has 186 valence electrons. The van der Waals surface area contributed by atoms with E-state index < -0.39 is 38.9 Å².